The van der Waals surface area contributed by atoms with Crippen LogP contribution in [-0.2, 0) is 9.53 Å². The Bertz CT molecular complexity index is 322. The number of hydrogen-bond donors (Lipinski definition) is 1. The molecule has 0 spiro atoms. The minimum atomic E-state index is 0.128. The third kappa shape index (κ3) is 3.95. The number of amides is 1. The lowest BCUT2D eigenvalue weighted by atomic mass is 9.77. The summed E-state index contributed by atoms with van der Waals surface area (Å²) in [5, 5.41) is 0. The number of nitrogens with two attached hydrogens (primary N) is 1. The van der Waals surface area contributed by atoms with Crippen LogP contribution in [0, 0.1) is 11.8 Å². The van der Waals surface area contributed by atoms with E-state index in [9.17, 15) is 4.79 Å². The predicted octanol–water partition coefficient (Wildman–Crippen LogP) is 2.17. The van der Waals surface area contributed by atoms with Crippen LogP contribution in [0.15, 0.2) is 0 Å². The maximum atomic E-state index is 12.7. The second kappa shape index (κ2) is 7.41. The number of carbonyl (C=O) groups is 1. The fourth-order valence-electron chi connectivity index (χ4n) is 3.49. The molecule has 1 saturated carbocycles. The molecule has 116 valence electrons. The van der Waals surface area contributed by atoms with Crippen molar-refractivity contribution in [2.24, 2.45) is 17.6 Å². The predicted molar refractivity (Wildman–Crippen MR) is 80.3 cm³/mol. The van der Waals surface area contributed by atoms with Crippen molar-refractivity contribution in [3.8, 4) is 0 Å². The van der Waals surface area contributed by atoms with Gasteiger partial charge < -0.3 is 15.4 Å². The van der Waals surface area contributed by atoms with Crippen molar-refractivity contribution in [1.29, 1.82) is 0 Å². The second-order valence-electron chi connectivity index (χ2n) is 6.58. The van der Waals surface area contributed by atoms with Crippen molar-refractivity contribution in [1.82, 2.24) is 4.90 Å². The average molecular weight is 282 g/mol. The maximum Gasteiger partial charge on any atom is 0.226 e. The lowest BCUT2D eigenvalue weighted by Gasteiger charge is -2.38. The summed E-state index contributed by atoms with van der Waals surface area (Å²) in [6, 6.07) is 0.206. The molecule has 0 bridgehead atoms. The minimum Gasteiger partial charge on any atom is -0.376 e. The summed E-state index contributed by atoms with van der Waals surface area (Å²) >= 11 is 0. The number of hydrogen-bond acceptors (Lipinski definition) is 3. The summed E-state index contributed by atoms with van der Waals surface area (Å²) in [7, 11) is 0. The van der Waals surface area contributed by atoms with Crippen molar-refractivity contribution in [3.05, 3.63) is 0 Å². The molecule has 0 aromatic rings. The van der Waals surface area contributed by atoms with Gasteiger partial charge in [0, 0.05) is 31.7 Å². The van der Waals surface area contributed by atoms with Gasteiger partial charge in [-0.1, -0.05) is 13.8 Å². The van der Waals surface area contributed by atoms with E-state index in [1.807, 2.05) is 4.90 Å². The molecule has 1 saturated heterocycles. The van der Waals surface area contributed by atoms with E-state index in [1.165, 1.54) is 0 Å². The van der Waals surface area contributed by atoms with Gasteiger partial charge in [-0.25, -0.2) is 0 Å². The van der Waals surface area contributed by atoms with Crippen LogP contribution in [0.4, 0.5) is 0 Å². The van der Waals surface area contributed by atoms with Crippen LogP contribution in [0.3, 0.4) is 0 Å². The molecule has 1 aliphatic heterocycles. The molecule has 2 fully saturated rings. The smallest absolute Gasteiger partial charge is 0.226 e. The lowest BCUT2D eigenvalue weighted by Crippen LogP contribution is -2.49. The van der Waals surface area contributed by atoms with Crippen molar-refractivity contribution in [2.75, 3.05) is 19.7 Å². The van der Waals surface area contributed by atoms with Crippen molar-refractivity contribution >= 4 is 5.91 Å². The van der Waals surface area contributed by atoms with Crippen molar-refractivity contribution < 1.29 is 9.53 Å². The molecule has 4 nitrogen and oxygen atoms in total. The molecule has 0 radical (unpaired) electrons. The van der Waals surface area contributed by atoms with Gasteiger partial charge in [0.15, 0.2) is 0 Å². The fourth-order valence-corrected chi connectivity index (χ4v) is 3.49. The third-order valence-corrected chi connectivity index (χ3v) is 4.80. The van der Waals surface area contributed by atoms with E-state index in [2.05, 4.69) is 13.8 Å². The van der Waals surface area contributed by atoms with E-state index in [-0.39, 0.29) is 18.1 Å². The molecule has 0 aromatic carbocycles. The number of carbonyl (C=O) groups excluding carboxylic acids is 1. The molecule has 1 heterocycles. The topological polar surface area (TPSA) is 55.6 Å². The molecule has 4 atom stereocenters. The monoisotopic (exact) mass is 282 g/mol. The summed E-state index contributed by atoms with van der Waals surface area (Å²) in [5.74, 6) is 0.917. The zero-order valence-corrected chi connectivity index (χ0v) is 13.0. The first kappa shape index (κ1) is 15.8. The van der Waals surface area contributed by atoms with E-state index in [0.717, 1.165) is 58.2 Å². The number of likely N-dealkylation sites (tertiary alicyclic amines) is 1. The molecule has 2 aliphatic rings. The van der Waals surface area contributed by atoms with E-state index >= 15 is 0 Å². The molecule has 1 aliphatic carbocycles. The highest BCUT2D eigenvalue weighted by Crippen LogP contribution is 2.31. The first-order chi connectivity index (χ1) is 9.61. The highest BCUT2D eigenvalue weighted by atomic mass is 16.5. The Kier molecular flexibility index (Phi) is 5.85. The number of piperidine rings is 1. The van der Waals surface area contributed by atoms with Gasteiger partial charge in [-0.15, -0.1) is 0 Å². The molecular formula is C16H30N2O2. The highest BCUT2D eigenvalue weighted by molar-refractivity contribution is 5.79. The summed E-state index contributed by atoms with van der Waals surface area (Å²) in [5.41, 5.74) is 6.05. The number of ether oxygens (including phenoxy) is 1. The first-order valence-electron chi connectivity index (χ1n) is 8.27. The molecule has 0 aromatic heterocycles. The average Bonchev–Trinajstić information content (AvgIpc) is 2.47. The van der Waals surface area contributed by atoms with Crippen LogP contribution < -0.4 is 5.73 Å². The quantitative estimate of drug-likeness (QED) is 0.859. The zero-order valence-electron chi connectivity index (χ0n) is 13.0. The molecular weight excluding hydrogens is 252 g/mol. The highest BCUT2D eigenvalue weighted by Gasteiger charge is 2.35. The van der Waals surface area contributed by atoms with Crippen molar-refractivity contribution in [3.63, 3.8) is 0 Å². The van der Waals surface area contributed by atoms with Gasteiger partial charge in [0.1, 0.15) is 0 Å². The van der Waals surface area contributed by atoms with E-state index in [1.54, 1.807) is 0 Å². The van der Waals surface area contributed by atoms with E-state index in [4.69, 9.17) is 10.5 Å². The maximum absolute atomic E-state index is 12.7. The van der Waals surface area contributed by atoms with Gasteiger partial charge in [0.2, 0.25) is 5.91 Å². The molecule has 4 heteroatoms. The SMILES string of the molecule is CCCOC1CCCN(C(=O)C2CC(N)CCC2C)C1. The van der Waals surface area contributed by atoms with Gasteiger partial charge in [-0.05, 0) is 44.4 Å². The van der Waals surface area contributed by atoms with Gasteiger partial charge in [-0.3, -0.25) is 4.79 Å². The van der Waals surface area contributed by atoms with Gasteiger partial charge >= 0.3 is 0 Å². The van der Waals surface area contributed by atoms with Gasteiger partial charge in [0.05, 0.1) is 6.10 Å². The molecule has 2 N–H and O–H groups in total. The Hall–Kier alpha value is -0.610. The van der Waals surface area contributed by atoms with Gasteiger partial charge in [-0.2, -0.15) is 0 Å². The van der Waals surface area contributed by atoms with Crippen LogP contribution in [0.1, 0.15) is 52.4 Å². The molecule has 2 rings (SSSR count). The van der Waals surface area contributed by atoms with E-state index < -0.39 is 0 Å². The van der Waals surface area contributed by atoms with E-state index in [0.29, 0.717) is 11.8 Å². The number of nitrogens with zero attached hydrogens (tertiary/aromatic N) is 1. The zero-order chi connectivity index (χ0) is 14.5. The molecule has 20 heavy (non-hydrogen) atoms. The van der Waals surface area contributed by atoms with Crippen LogP contribution in [0.25, 0.3) is 0 Å². The van der Waals surface area contributed by atoms with Crippen LogP contribution >= 0.6 is 0 Å². The van der Waals surface area contributed by atoms with Crippen molar-refractivity contribution in [2.45, 2.75) is 64.5 Å². The van der Waals surface area contributed by atoms with Gasteiger partial charge in [0.25, 0.3) is 0 Å². The third-order valence-electron chi connectivity index (χ3n) is 4.80. The van der Waals surface area contributed by atoms with Crippen LogP contribution in [-0.4, -0.2) is 42.6 Å². The van der Waals surface area contributed by atoms with Crippen LogP contribution in [0.5, 0.6) is 0 Å². The Morgan fingerprint density at radius 3 is 2.90 bits per heavy atom. The summed E-state index contributed by atoms with van der Waals surface area (Å²) in [4.78, 5) is 14.8. The second-order valence-corrected chi connectivity index (χ2v) is 6.58. The summed E-state index contributed by atoms with van der Waals surface area (Å²) in [6.07, 6.45) is 6.43. The Labute approximate surface area is 123 Å². The van der Waals surface area contributed by atoms with Crippen LogP contribution in [0.2, 0.25) is 0 Å². The minimum absolute atomic E-state index is 0.128. The molecule has 4 unspecified atom stereocenters. The summed E-state index contributed by atoms with van der Waals surface area (Å²) < 4.78 is 5.83. The fraction of sp³-hybridized carbons (Fsp3) is 0.938. The summed E-state index contributed by atoms with van der Waals surface area (Å²) in [6.45, 7) is 6.79. The largest absolute Gasteiger partial charge is 0.376 e. The Balaban J connectivity index is 1.90. The number of rotatable bonds is 4. The molecule has 1 amide bonds. The standard InChI is InChI=1S/C16H30N2O2/c1-3-9-20-14-5-4-8-18(11-14)16(19)15-10-13(17)7-6-12(15)2/h12-15H,3-11,17H2,1-2H3. The first-order valence-corrected chi connectivity index (χ1v) is 8.27. The Morgan fingerprint density at radius 1 is 1.35 bits per heavy atom. The normalized spacial score (nSPS) is 35.0. The Morgan fingerprint density at radius 2 is 2.15 bits per heavy atom. The lowest BCUT2D eigenvalue weighted by molar-refractivity contribution is -0.142.